The Morgan fingerprint density at radius 2 is 0.742 bits per heavy atom. The molecule has 31 heavy (non-hydrogen) atoms. The second-order valence-electron chi connectivity index (χ2n) is 8.05. The molecule has 0 radical (unpaired) electrons. The molecule has 0 bridgehead atoms. The van der Waals surface area contributed by atoms with E-state index in [1.165, 1.54) is 20.8 Å². The van der Waals surface area contributed by atoms with E-state index >= 15 is 0 Å². The minimum Gasteiger partial charge on any atom is -0.482 e. The van der Waals surface area contributed by atoms with Gasteiger partial charge in [0.05, 0.1) is 0 Å². The van der Waals surface area contributed by atoms with E-state index < -0.39 is 81.5 Å². The highest BCUT2D eigenvalue weighted by molar-refractivity contribution is 6.74. The van der Waals surface area contributed by atoms with Gasteiger partial charge < -0.3 is 15.3 Å². The molecule has 0 aromatic carbocycles. The smallest absolute Gasteiger partial charge is 0.324 e. The predicted octanol–water partition coefficient (Wildman–Crippen LogP) is 2.69. The fourth-order valence-corrected chi connectivity index (χ4v) is 10.4. The first-order valence-electron chi connectivity index (χ1n) is 10.5. The van der Waals surface area contributed by atoms with Crippen LogP contribution in [0.5, 0.6) is 0 Å². The third kappa shape index (κ3) is 6.98. The summed E-state index contributed by atoms with van der Waals surface area (Å²) in [5.41, 5.74) is 0. The number of aliphatic carboxylic acids is 3. The summed E-state index contributed by atoms with van der Waals surface area (Å²) in [6.45, 7) is 8.28. The van der Waals surface area contributed by atoms with Gasteiger partial charge >= 0.3 is 14.1 Å². The van der Waals surface area contributed by atoms with Crippen LogP contribution >= 0.6 is 0 Å². The minimum atomic E-state index is -3.61. The van der Waals surface area contributed by atoms with Gasteiger partial charge in [-0.05, 0) is 40.0 Å². The Hall–Kier alpha value is -2.05. The van der Waals surface area contributed by atoms with Gasteiger partial charge in [-0.1, -0.05) is 20.8 Å². The third-order valence-corrected chi connectivity index (χ3v) is 11.0. The Kier molecular flexibility index (Phi) is 11.9. The van der Waals surface area contributed by atoms with E-state index in [0.717, 1.165) is 0 Å². The molecule has 0 heterocycles. The summed E-state index contributed by atoms with van der Waals surface area (Å²) in [5.74, 6) is -9.19. The fraction of sp³-hybridized carbons (Fsp3) is 0.714. The Labute approximate surface area is 186 Å². The quantitative estimate of drug-likeness (QED) is 0.314. The van der Waals surface area contributed by atoms with E-state index in [1.807, 2.05) is 0 Å². The average molecular weight is 456 g/mol. The lowest BCUT2D eigenvalue weighted by molar-refractivity contribution is -0.143. The van der Waals surface area contributed by atoms with Crippen LogP contribution in [-0.2, 0) is 28.8 Å². The SMILES string of the molecule is CCC(C(C)=O)[CH](C(=O)O)[Al]([CH](C(=O)O)C(CC)C(C)=O)[CH](C(=O)O)C(CC)C(C)=O. The zero-order valence-electron chi connectivity index (χ0n) is 19.0. The summed E-state index contributed by atoms with van der Waals surface area (Å²) in [6.07, 6.45) is 0.215. The van der Waals surface area contributed by atoms with Crippen molar-refractivity contribution in [1.29, 1.82) is 0 Å². The maximum absolute atomic E-state index is 12.4. The standard InChI is InChI=1S/3C7H11O3.Al/c3*1-3-6(5(2)8)4-7(9)10;/h3*4,6H,3H2,1-2H3,(H,9,10);. The lowest BCUT2D eigenvalue weighted by Crippen LogP contribution is -2.51. The number of carboxylic acids is 3. The molecule has 10 heteroatoms. The van der Waals surface area contributed by atoms with Crippen LogP contribution in [0.3, 0.4) is 0 Å². The highest BCUT2D eigenvalue weighted by Gasteiger charge is 2.58. The predicted molar refractivity (Wildman–Crippen MR) is 113 cm³/mol. The van der Waals surface area contributed by atoms with E-state index in [1.54, 1.807) is 20.8 Å². The number of hydrogen-bond donors (Lipinski definition) is 3. The molecule has 6 atom stereocenters. The summed E-state index contributed by atoms with van der Waals surface area (Å²) in [7, 11) is 0. The summed E-state index contributed by atoms with van der Waals surface area (Å²) < 4.78 is -4.65. The Bertz CT molecular complexity index is 623. The van der Waals surface area contributed by atoms with Crippen molar-refractivity contribution >= 4 is 49.4 Å². The number of hydrogen-bond acceptors (Lipinski definition) is 6. The number of ketones is 3. The summed E-state index contributed by atoms with van der Waals surface area (Å²) in [4.78, 5) is 74.0. The number of carbonyl (C=O) groups is 6. The number of carbonyl (C=O) groups excluding carboxylic acids is 3. The monoisotopic (exact) mass is 456 g/mol. The fourth-order valence-electron chi connectivity index (χ4n) is 4.87. The summed E-state index contributed by atoms with van der Waals surface area (Å²) >= 11 is -3.61. The van der Waals surface area contributed by atoms with E-state index in [2.05, 4.69) is 0 Å². The molecule has 0 aliphatic carbocycles. The molecule has 3 N–H and O–H groups in total. The molecule has 0 saturated carbocycles. The summed E-state index contributed by atoms with van der Waals surface area (Å²) in [5, 5.41) is 30.2. The van der Waals surface area contributed by atoms with Crippen LogP contribution in [0.15, 0.2) is 0 Å². The lowest BCUT2D eigenvalue weighted by atomic mass is 9.95. The van der Waals surface area contributed by atoms with Crippen molar-refractivity contribution in [3.05, 3.63) is 0 Å². The molecule has 9 nitrogen and oxygen atoms in total. The maximum atomic E-state index is 12.4. The van der Waals surface area contributed by atoms with Gasteiger partial charge in [0.1, 0.15) is 17.3 Å². The van der Waals surface area contributed by atoms with Crippen molar-refractivity contribution in [2.45, 2.75) is 75.1 Å². The minimum absolute atomic E-state index is 0.0716. The maximum Gasteiger partial charge on any atom is 0.324 e. The van der Waals surface area contributed by atoms with Crippen LogP contribution in [0.25, 0.3) is 0 Å². The van der Waals surface area contributed by atoms with Crippen molar-refractivity contribution in [3.63, 3.8) is 0 Å². The molecule has 0 fully saturated rings. The molecule has 0 aliphatic heterocycles. The normalized spacial score (nSPS) is 16.8. The second kappa shape index (κ2) is 12.7. The molecule has 0 aliphatic rings. The van der Waals surface area contributed by atoms with Crippen LogP contribution < -0.4 is 0 Å². The molecule has 0 rings (SSSR count). The molecule has 0 aromatic rings. The molecule has 0 saturated heterocycles. The summed E-state index contributed by atoms with van der Waals surface area (Å²) in [6, 6.07) is 0. The first-order chi connectivity index (χ1) is 14.3. The lowest BCUT2D eigenvalue weighted by Gasteiger charge is -2.37. The van der Waals surface area contributed by atoms with Crippen LogP contribution in [0.2, 0.25) is 14.3 Å². The van der Waals surface area contributed by atoms with Gasteiger partial charge in [-0.15, -0.1) is 0 Å². The average Bonchev–Trinajstić information content (AvgIpc) is 2.63. The Morgan fingerprint density at radius 3 is 0.839 bits per heavy atom. The van der Waals surface area contributed by atoms with Gasteiger partial charge in [0, 0.05) is 32.1 Å². The molecular weight excluding hydrogens is 423 g/mol. The Morgan fingerprint density at radius 1 is 0.548 bits per heavy atom. The first kappa shape index (κ1) is 29.0. The van der Waals surface area contributed by atoms with Crippen molar-refractivity contribution in [2.75, 3.05) is 0 Å². The first-order valence-corrected chi connectivity index (χ1v) is 12.5. The molecule has 6 unspecified atom stereocenters. The molecule has 0 aromatic heterocycles. The van der Waals surface area contributed by atoms with Crippen molar-refractivity contribution < 1.29 is 44.1 Å². The Balaban J connectivity index is 7.31. The van der Waals surface area contributed by atoms with Gasteiger partial charge in [0.15, 0.2) is 0 Å². The van der Waals surface area contributed by atoms with Gasteiger partial charge in [-0.25, -0.2) is 0 Å². The van der Waals surface area contributed by atoms with E-state index in [-0.39, 0.29) is 19.3 Å². The third-order valence-electron chi connectivity index (χ3n) is 6.29. The van der Waals surface area contributed by atoms with Crippen molar-refractivity contribution in [1.82, 2.24) is 0 Å². The number of rotatable bonds is 15. The van der Waals surface area contributed by atoms with Gasteiger partial charge in [-0.3, -0.25) is 28.8 Å². The molecule has 0 spiro atoms. The largest absolute Gasteiger partial charge is 0.482 e. The molecular formula is C21H33AlO9. The van der Waals surface area contributed by atoms with Crippen molar-refractivity contribution in [2.24, 2.45) is 17.8 Å². The van der Waals surface area contributed by atoms with E-state index in [0.29, 0.717) is 0 Å². The molecule has 0 amide bonds. The van der Waals surface area contributed by atoms with Crippen LogP contribution in [0, 0.1) is 17.8 Å². The highest BCUT2D eigenvalue weighted by atomic mass is 27.2. The van der Waals surface area contributed by atoms with Gasteiger partial charge in [0.2, 0.25) is 0 Å². The van der Waals surface area contributed by atoms with Crippen LogP contribution in [0.4, 0.5) is 0 Å². The van der Waals surface area contributed by atoms with Gasteiger partial charge in [0.25, 0.3) is 17.9 Å². The van der Waals surface area contributed by atoms with E-state index in [9.17, 15) is 44.1 Å². The van der Waals surface area contributed by atoms with Crippen molar-refractivity contribution in [3.8, 4) is 0 Å². The second-order valence-corrected chi connectivity index (χ2v) is 11.4. The number of carboxylic acid groups (broad SMARTS) is 3. The van der Waals surface area contributed by atoms with Gasteiger partial charge in [-0.2, -0.15) is 0 Å². The number of Topliss-reactive ketones (excluding diaryl/α,β-unsaturated/α-hetero) is 3. The van der Waals surface area contributed by atoms with Crippen LogP contribution in [-0.4, -0.2) is 64.7 Å². The van der Waals surface area contributed by atoms with E-state index in [4.69, 9.17) is 0 Å². The molecule has 174 valence electrons. The zero-order chi connectivity index (χ0) is 24.6. The van der Waals surface area contributed by atoms with Crippen LogP contribution in [0.1, 0.15) is 60.8 Å². The zero-order valence-corrected chi connectivity index (χ0v) is 20.1. The highest BCUT2D eigenvalue weighted by Crippen LogP contribution is 2.46. The topological polar surface area (TPSA) is 163 Å².